The minimum atomic E-state index is -1.03. The van der Waals surface area contributed by atoms with E-state index in [9.17, 15) is 9.90 Å². The van der Waals surface area contributed by atoms with Gasteiger partial charge in [-0.15, -0.1) is 11.8 Å². The minimum Gasteiger partial charge on any atom is -0.549 e. The molecule has 16 heavy (non-hydrogen) atoms. The zero-order valence-corrected chi connectivity index (χ0v) is 11.8. The van der Waals surface area contributed by atoms with E-state index in [1.54, 1.807) is 0 Å². The first-order valence-corrected chi connectivity index (χ1v) is 5.56. The molecule has 2 aromatic rings. The normalized spacial score (nSPS) is 9.75. The summed E-state index contributed by atoms with van der Waals surface area (Å²) in [6.07, 6.45) is 0. The van der Waals surface area contributed by atoms with Crippen LogP contribution in [0.1, 0.15) is 0 Å². The summed E-state index contributed by atoms with van der Waals surface area (Å²) in [6.45, 7) is 0. The predicted octanol–water partition coefficient (Wildman–Crippen LogP) is -1.31. The van der Waals surface area contributed by atoms with Gasteiger partial charge in [0.2, 0.25) is 0 Å². The second-order valence-electron chi connectivity index (χ2n) is 3.17. The number of hydrogen-bond acceptors (Lipinski definition) is 3. The van der Waals surface area contributed by atoms with Crippen LogP contribution in [0, 0.1) is 0 Å². The average Bonchev–Trinajstić information content (AvgIpc) is 2.26. The van der Waals surface area contributed by atoms with Gasteiger partial charge in [-0.05, 0) is 22.9 Å². The number of thioether (sulfide) groups is 1. The molecule has 0 aliphatic heterocycles. The fourth-order valence-electron chi connectivity index (χ4n) is 1.40. The predicted molar refractivity (Wildman–Crippen MR) is 59.7 cm³/mol. The van der Waals surface area contributed by atoms with Crippen LogP contribution in [0.5, 0.6) is 0 Å². The topological polar surface area (TPSA) is 40.1 Å². The smallest absolute Gasteiger partial charge is 0.549 e. The standard InChI is InChI=1S/C12H10O2S.Na/c13-12(14)8-15-11-6-5-9-3-1-2-4-10(9)7-11;/h1-7H,8H2,(H,13,14);/q;+1/p-1. The maximum absolute atomic E-state index is 10.3. The summed E-state index contributed by atoms with van der Waals surface area (Å²) in [6, 6.07) is 13.9. The summed E-state index contributed by atoms with van der Waals surface area (Å²) in [4.78, 5) is 11.3. The van der Waals surface area contributed by atoms with Crippen molar-refractivity contribution in [2.75, 3.05) is 5.75 Å². The number of carbonyl (C=O) groups excluding carboxylic acids is 1. The number of carbonyl (C=O) groups is 1. The van der Waals surface area contributed by atoms with Crippen molar-refractivity contribution >= 4 is 28.5 Å². The van der Waals surface area contributed by atoms with Gasteiger partial charge >= 0.3 is 29.6 Å². The van der Waals surface area contributed by atoms with Crippen LogP contribution in [0.2, 0.25) is 0 Å². The molecule has 0 unspecified atom stereocenters. The molecule has 0 radical (unpaired) electrons. The van der Waals surface area contributed by atoms with Crippen molar-refractivity contribution in [3.63, 3.8) is 0 Å². The Morgan fingerprint density at radius 1 is 1.12 bits per heavy atom. The number of carboxylic acids is 1. The van der Waals surface area contributed by atoms with Gasteiger partial charge in [-0.3, -0.25) is 0 Å². The molecular weight excluding hydrogens is 231 g/mol. The zero-order valence-electron chi connectivity index (χ0n) is 8.97. The molecule has 4 heteroatoms. The Labute approximate surface area is 120 Å². The van der Waals surface area contributed by atoms with E-state index in [4.69, 9.17) is 0 Å². The molecule has 0 saturated carbocycles. The number of aliphatic carboxylic acids is 1. The maximum Gasteiger partial charge on any atom is 1.00 e. The van der Waals surface area contributed by atoms with E-state index in [2.05, 4.69) is 0 Å². The summed E-state index contributed by atoms with van der Waals surface area (Å²) in [7, 11) is 0. The van der Waals surface area contributed by atoms with E-state index in [0.717, 1.165) is 15.7 Å². The van der Waals surface area contributed by atoms with Crippen molar-refractivity contribution in [2.24, 2.45) is 0 Å². The molecule has 0 aliphatic carbocycles. The molecule has 0 N–H and O–H groups in total. The van der Waals surface area contributed by atoms with E-state index in [0.29, 0.717) is 0 Å². The summed E-state index contributed by atoms with van der Waals surface area (Å²) < 4.78 is 0. The first-order chi connectivity index (χ1) is 7.25. The van der Waals surface area contributed by atoms with Crippen LogP contribution in [-0.2, 0) is 4.79 Å². The number of benzene rings is 2. The van der Waals surface area contributed by atoms with Gasteiger partial charge in [0.05, 0.1) is 5.97 Å². The van der Waals surface area contributed by atoms with Crippen LogP contribution in [0.4, 0.5) is 0 Å². The fraction of sp³-hybridized carbons (Fsp3) is 0.0833. The van der Waals surface area contributed by atoms with Crippen LogP contribution < -0.4 is 34.7 Å². The van der Waals surface area contributed by atoms with E-state index in [-0.39, 0.29) is 35.3 Å². The van der Waals surface area contributed by atoms with Crippen molar-refractivity contribution in [1.82, 2.24) is 0 Å². The Balaban J connectivity index is 0.00000128. The quantitative estimate of drug-likeness (QED) is 0.494. The third kappa shape index (κ3) is 3.52. The summed E-state index contributed by atoms with van der Waals surface area (Å²) in [5.74, 6) is -1.04. The van der Waals surface area contributed by atoms with Crippen molar-refractivity contribution in [2.45, 2.75) is 4.90 Å². The molecular formula is C12H9NaO2S. The molecule has 0 bridgehead atoms. The van der Waals surface area contributed by atoms with Gasteiger partial charge in [-0.25, -0.2) is 0 Å². The Morgan fingerprint density at radius 3 is 2.50 bits per heavy atom. The molecule has 0 atom stereocenters. The third-order valence-corrected chi connectivity index (χ3v) is 3.04. The van der Waals surface area contributed by atoms with Gasteiger partial charge in [0.15, 0.2) is 0 Å². The van der Waals surface area contributed by atoms with Gasteiger partial charge in [-0.1, -0.05) is 30.3 Å². The molecule has 0 saturated heterocycles. The minimum absolute atomic E-state index is 0. The number of hydrogen-bond donors (Lipinski definition) is 0. The number of fused-ring (bicyclic) bond motifs is 1. The van der Waals surface area contributed by atoms with E-state index < -0.39 is 5.97 Å². The first-order valence-electron chi connectivity index (χ1n) is 4.57. The summed E-state index contributed by atoms with van der Waals surface area (Å²) in [5, 5.41) is 12.6. The second-order valence-corrected chi connectivity index (χ2v) is 4.22. The van der Waals surface area contributed by atoms with Gasteiger partial charge in [0.1, 0.15) is 0 Å². The Bertz CT molecular complexity index is 499. The van der Waals surface area contributed by atoms with E-state index in [1.807, 2.05) is 42.5 Å². The van der Waals surface area contributed by atoms with Crippen LogP contribution in [0.25, 0.3) is 10.8 Å². The maximum atomic E-state index is 10.3. The first kappa shape index (κ1) is 13.6. The Kier molecular flexibility index (Phi) is 5.35. The molecule has 2 nitrogen and oxygen atoms in total. The van der Waals surface area contributed by atoms with Crippen LogP contribution in [0.15, 0.2) is 47.4 Å². The van der Waals surface area contributed by atoms with E-state index in [1.165, 1.54) is 11.8 Å². The molecule has 0 spiro atoms. The van der Waals surface area contributed by atoms with Crippen LogP contribution in [0.3, 0.4) is 0 Å². The van der Waals surface area contributed by atoms with Gasteiger partial charge in [0, 0.05) is 10.6 Å². The fourth-order valence-corrected chi connectivity index (χ4v) is 2.06. The van der Waals surface area contributed by atoms with Crippen molar-refractivity contribution in [1.29, 1.82) is 0 Å². The summed E-state index contributed by atoms with van der Waals surface area (Å²) in [5.41, 5.74) is 0. The van der Waals surface area contributed by atoms with Gasteiger partial charge < -0.3 is 9.90 Å². The van der Waals surface area contributed by atoms with Crippen molar-refractivity contribution in [3.05, 3.63) is 42.5 Å². The molecule has 0 fully saturated rings. The van der Waals surface area contributed by atoms with E-state index >= 15 is 0 Å². The van der Waals surface area contributed by atoms with Gasteiger partial charge in [0.25, 0.3) is 0 Å². The monoisotopic (exact) mass is 240 g/mol. The third-order valence-electron chi connectivity index (χ3n) is 2.08. The molecule has 0 aromatic heterocycles. The molecule has 0 heterocycles. The van der Waals surface area contributed by atoms with Crippen LogP contribution in [-0.4, -0.2) is 11.7 Å². The molecule has 2 aromatic carbocycles. The summed E-state index contributed by atoms with van der Waals surface area (Å²) >= 11 is 1.28. The van der Waals surface area contributed by atoms with Crippen molar-refractivity contribution in [3.8, 4) is 0 Å². The van der Waals surface area contributed by atoms with Gasteiger partial charge in [-0.2, -0.15) is 0 Å². The van der Waals surface area contributed by atoms with Crippen LogP contribution >= 0.6 is 11.8 Å². The SMILES string of the molecule is O=C([O-])CSc1ccc2ccccc2c1.[Na+]. The molecule has 76 valence electrons. The Morgan fingerprint density at radius 2 is 1.81 bits per heavy atom. The Hall–Kier alpha value is -0.480. The zero-order chi connectivity index (χ0) is 10.7. The average molecular weight is 240 g/mol. The van der Waals surface area contributed by atoms with Crippen molar-refractivity contribution < 1.29 is 39.5 Å². The second kappa shape index (κ2) is 6.30. The largest absolute Gasteiger partial charge is 1.00 e. The molecule has 0 aliphatic rings. The number of rotatable bonds is 3. The molecule has 0 amide bonds. The molecule has 2 rings (SSSR count). The number of carboxylic acid groups (broad SMARTS) is 1.